The molecular formula is C49H44F5N19S2. The van der Waals surface area contributed by atoms with Gasteiger partial charge in [-0.2, -0.15) is 25.4 Å². The number of nitrogens with two attached hydrogens (primary N) is 3. The van der Waals surface area contributed by atoms with Crippen molar-refractivity contribution in [1.82, 2.24) is 59.5 Å². The first-order chi connectivity index (χ1) is 36.3. The number of amidine groups is 2. The number of nitrogens with one attached hydrogen (secondary N) is 1. The highest BCUT2D eigenvalue weighted by atomic mass is 32.2. The summed E-state index contributed by atoms with van der Waals surface area (Å²) >= 11 is 2.98. The lowest BCUT2D eigenvalue weighted by atomic mass is 10.2. The van der Waals surface area contributed by atoms with Crippen LogP contribution in [0.4, 0.5) is 27.9 Å². The highest BCUT2D eigenvalue weighted by Gasteiger charge is 2.45. The maximum absolute atomic E-state index is 14.0. The minimum atomic E-state index is -2.71. The van der Waals surface area contributed by atoms with Gasteiger partial charge in [0, 0.05) is 35.3 Å². The maximum Gasteiger partial charge on any atom is 0.282 e. The molecule has 1 saturated heterocycles. The van der Waals surface area contributed by atoms with E-state index in [2.05, 4.69) is 60.7 Å². The molecule has 7 N–H and O–H groups in total. The van der Waals surface area contributed by atoms with Crippen LogP contribution in [0.5, 0.6) is 0 Å². The Morgan fingerprint density at radius 1 is 0.600 bits per heavy atom. The first kappa shape index (κ1) is 51.1. The predicted octanol–water partition coefficient (Wildman–Crippen LogP) is 7.38. The molecule has 1 aliphatic heterocycles. The van der Waals surface area contributed by atoms with E-state index in [1.54, 1.807) is 105 Å². The number of nitrogens with zero attached hydrogens (tertiary/aromatic N) is 15. The Morgan fingerprint density at radius 3 is 1.49 bits per heavy atom. The van der Waals surface area contributed by atoms with Crippen molar-refractivity contribution in [1.29, 1.82) is 0 Å². The van der Waals surface area contributed by atoms with Crippen LogP contribution < -0.4 is 22.2 Å². The van der Waals surface area contributed by atoms with E-state index >= 15 is 0 Å². The molecule has 1 aliphatic rings. The molecule has 75 heavy (non-hydrogen) atoms. The minimum Gasteiger partial charge on any atom is -0.380 e. The lowest BCUT2D eigenvalue weighted by Crippen LogP contribution is -2.56. The van der Waals surface area contributed by atoms with Gasteiger partial charge in [-0.25, -0.2) is 50.9 Å². The second-order valence-corrected chi connectivity index (χ2v) is 18.2. The Balaban J connectivity index is 0.000000139. The van der Waals surface area contributed by atoms with Gasteiger partial charge in [-0.1, -0.05) is 54.6 Å². The summed E-state index contributed by atoms with van der Waals surface area (Å²) in [5.74, 6) is 2.44. The zero-order valence-electron chi connectivity index (χ0n) is 39.8. The van der Waals surface area contributed by atoms with E-state index in [0.717, 1.165) is 15.1 Å². The molecule has 10 aromatic rings. The van der Waals surface area contributed by atoms with E-state index in [1.807, 2.05) is 30.7 Å². The van der Waals surface area contributed by atoms with Crippen LogP contribution in [0.15, 0.2) is 143 Å². The fourth-order valence-electron chi connectivity index (χ4n) is 7.80. The zero-order chi connectivity index (χ0) is 52.6. The molecule has 7 aromatic heterocycles. The summed E-state index contributed by atoms with van der Waals surface area (Å²) in [5, 5.41) is 34.0. The van der Waals surface area contributed by atoms with E-state index in [4.69, 9.17) is 17.3 Å². The van der Waals surface area contributed by atoms with Crippen LogP contribution >= 0.6 is 23.5 Å². The Kier molecular flexibility index (Phi) is 15.4. The van der Waals surface area contributed by atoms with Crippen LogP contribution in [0.25, 0.3) is 44.6 Å². The predicted molar refractivity (Wildman–Crippen MR) is 282 cm³/mol. The molecule has 0 saturated carbocycles. The number of aromatic nitrogens is 12. The summed E-state index contributed by atoms with van der Waals surface area (Å²) in [7, 11) is 0. The number of fused-ring (bicyclic) bond motifs is 3. The van der Waals surface area contributed by atoms with Crippen molar-refractivity contribution in [3.05, 3.63) is 173 Å². The van der Waals surface area contributed by atoms with Gasteiger partial charge in [-0.3, -0.25) is 5.10 Å². The fraction of sp³-hybridized carbons (Fsp3) is 0.163. The average molecular weight is 1060 g/mol. The molecule has 8 heterocycles. The molecule has 26 heteroatoms. The van der Waals surface area contributed by atoms with Gasteiger partial charge in [-0.15, -0.1) is 38.8 Å². The molecule has 0 bridgehead atoms. The van der Waals surface area contributed by atoms with E-state index in [9.17, 15) is 22.0 Å². The third-order valence-corrected chi connectivity index (χ3v) is 13.3. The van der Waals surface area contributed by atoms with E-state index < -0.39 is 19.0 Å². The fourth-order valence-corrected chi connectivity index (χ4v) is 8.71. The van der Waals surface area contributed by atoms with Crippen molar-refractivity contribution in [2.75, 3.05) is 30.5 Å². The summed E-state index contributed by atoms with van der Waals surface area (Å²) in [5.41, 5.74) is 16.5. The molecular weight excluding hydrogens is 1010 g/mol. The number of aromatic amines is 1. The Labute approximate surface area is 431 Å². The van der Waals surface area contributed by atoms with Crippen molar-refractivity contribution in [2.24, 2.45) is 32.6 Å². The average Bonchev–Trinajstić information content (AvgIpc) is 4.22. The molecule has 0 atom stereocenters. The minimum absolute atomic E-state index is 0.111. The molecule has 382 valence electrons. The number of H-pyrrole nitrogens is 1. The number of hydrogen-bond donors (Lipinski definition) is 4. The van der Waals surface area contributed by atoms with Crippen LogP contribution in [0.3, 0.4) is 0 Å². The number of thioether (sulfide) groups is 2. The summed E-state index contributed by atoms with van der Waals surface area (Å²) in [6.07, 6.45) is 8.77. The smallest absolute Gasteiger partial charge is 0.282 e. The van der Waals surface area contributed by atoms with Crippen LogP contribution in [-0.4, -0.2) is 107 Å². The van der Waals surface area contributed by atoms with Crippen LogP contribution in [0.1, 0.15) is 28.1 Å². The van der Waals surface area contributed by atoms with E-state index in [1.165, 1.54) is 46.6 Å². The number of hydrogen-bond acceptors (Lipinski definition) is 15. The van der Waals surface area contributed by atoms with Crippen LogP contribution in [0.2, 0.25) is 0 Å². The van der Waals surface area contributed by atoms with Crippen molar-refractivity contribution in [3.8, 4) is 11.5 Å². The Morgan fingerprint density at radius 2 is 1.04 bits per heavy atom. The number of rotatable bonds is 11. The number of halogens is 5. The molecule has 0 amide bonds. The van der Waals surface area contributed by atoms with Gasteiger partial charge < -0.3 is 22.2 Å². The lowest BCUT2D eigenvalue weighted by Gasteiger charge is -2.37. The maximum atomic E-state index is 14.0. The molecule has 0 aliphatic carbocycles. The van der Waals surface area contributed by atoms with Crippen molar-refractivity contribution < 1.29 is 22.0 Å². The Bertz CT molecular complexity index is 3720. The van der Waals surface area contributed by atoms with Gasteiger partial charge in [0.15, 0.2) is 38.8 Å². The summed E-state index contributed by atoms with van der Waals surface area (Å²) in [6.45, 7) is -0.127. The second-order valence-electron chi connectivity index (χ2n) is 16.4. The van der Waals surface area contributed by atoms with Crippen molar-refractivity contribution >= 4 is 78.6 Å². The molecule has 11 rings (SSSR count). The quantitative estimate of drug-likeness (QED) is 0.0324. The van der Waals surface area contributed by atoms with Gasteiger partial charge in [-0.05, 0) is 67.1 Å². The van der Waals surface area contributed by atoms with Crippen molar-refractivity contribution in [2.45, 2.75) is 25.6 Å². The Hall–Kier alpha value is -8.78. The van der Waals surface area contributed by atoms with Gasteiger partial charge >= 0.3 is 0 Å². The standard InChI is InChI=1S/C18H14F3N7.C17H17FN6S2.C14H13FN6/c19-13-6-2-1-4-11(13)8-28-16-12(5-3-7-22-16)14(26-28)15-23-17(25-24-15)27-9-18(20,21)10-27;1-25-17(26-2)22-21-15(19)14-12-7-5-9-20-16(12)24(23-14)10-11-6-3-4-8-13(11)18;15-11-6-2-1-4-9(11)8-21-14-10(5-3-7-18-14)12(20-21)13(16)19-17/h1-7H,8-10H2,(H,23,24,25);3-9H,10H2,1-2H3,(H2,19,21);1-7H,8,17H2,(H2,16,19). The zero-order valence-corrected chi connectivity index (χ0v) is 41.4. The highest BCUT2D eigenvalue weighted by molar-refractivity contribution is 8.38. The molecule has 3 aromatic carbocycles. The SMILES string of the molecule is CSC(=N/N=C(\N)c1nn(Cc2ccccc2F)c2ncccc12)SC.Fc1ccccc1Cn1nc(-c2nc(N3CC(F)(F)C3)n[nH]2)c2cccnc21.N/N=C(\N)c1nn(Cc2ccccc2F)c2ncccc12. The normalized spacial score (nSPS) is 13.3. The topological polar surface area (TPSA) is 252 Å². The summed E-state index contributed by atoms with van der Waals surface area (Å²) in [6, 6.07) is 30.4. The van der Waals surface area contributed by atoms with E-state index in [-0.39, 0.29) is 54.7 Å². The molecule has 0 spiro atoms. The summed E-state index contributed by atoms with van der Waals surface area (Å²) in [4.78, 5) is 18.7. The second kappa shape index (κ2) is 22.5. The number of alkyl halides is 2. The third kappa shape index (κ3) is 11.4. The number of anilines is 1. The van der Waals surface area contributed by atoms with Gasteiger partial charge in [0.2, 0.25) is 5.95 Å². The van der Waals surface area contributed by atoms with E-state index in [0.29, 0.717) is 61.9 Å². The first-order valence-corrected chi connectivity index (χ1v) is 25.0. The molecule has 1 fully saturated rings. The monoisotopic (exact) mass is 1060 g/mol. The number of hydrazone groups is 1. The molecule has 0 radical (unpaired) electrons. The first-order valence-electron chi connectivity index (χ1n) is 22.6. The van der Waals surface area contributed by atoms with Gasteiger partial charge in [0.1, 0.15) is 34.5 Å². The summed E-state index contributed by atoms with van der Waals surface area (Å²) < 4.78 is 73.6. The van der Waals surface area contributed by atoms with Crippen molar-refractivity contribution in [3.63, 3.8) is 0 Å². The molecule has 0 unspecified atom stereocenters. The molecule has 19 nitrogen and oxygen atoms in total. The highest BCUT2D eigenvalue weighted by Crippen LogP contribution is 2.32. The number of pyridine rings is 3. The van der Waals surface area contributed by atoms with Crippen LogP contribution in [-0.2, 0) is 19.6 Å². The largest absolute Gasteiger partial charge is 0.380 e. The van der Waals surface area contributed by atoms with Crippen LogP contribution in [0, 0.1) is 17.5 Å². The van der Waals surface area contributed by atoms with Gasteiger partial charge in [0.05, 0.1) is 48.9 Å². The number of benzene rings is 3. The lowest BCUT2D eigenvalue weighted by molar-refractivity contribution is -0.0271. The third-order valence-electron chi connectivity index (χ3n) is 11.4. The van der Waals surface area contributed by atoms with Gasteiger partial charge in [0.25, 0.3) is 5.92 Å².